The zero-order valence-electron chi connectivity index (χ0n) is 12.3. The van der Waals surface area contributed by atoms with Gasteiger partial charge in [0.2, 0.25) is 5.82 Å². The monoisotopic (exact) mass is 417 g/mol. The number of benzene rings is 1. The molecule has 1 aromatic heterocycles. The van der Waals surface area contributed by atoms with Crippen LogP contribution in [-0.4, -0.2) is 17.3 Å². The summed E-state index contributed by atoms with van der Waals surface area (Å²) >= 11 is 6.83. The molecule has 0 amide bonds. The molecule has 0 aliphatic rings. The van der Waals surface area contributed by atoms with Crippen molar-refractivity contribution in [3.8, 4) is 11.5 Å². The van der Waals surface area contributed by atoms with E-state index >= 15 is 0 Å². The van der Waals surface area contributed by atoms with Crippen LogP contribution >= 0.6 is 31.9 Å². The lowest BCUT2D eigenvalue weighted by Gasteiger charge is -2.26. The maximum Gasteiger partial charge on any atom is 0.260 e. The molecule has 0 saturated carbocycles. The molecule has 0 aliphatic heterocycles. The van der Waals surface area contributed by atoms with Gasteiger partial charge in [-0.05, 0) is 33.5 Å². The SMILES string of the molecule is COC(c1noc(-c2cc(Br)cc(Br)c2N)n1)C(C)(C)C. The Kier molecular flexibility index (Phi) is 4.75. The summed E-state index contributed by atoms with van der Waals surface area (Å²) in [6.07, 6.45) is -0.258. The fourth-order valence-electron chi connectivity index (χ4n) is 2.06. The highest BCUT2D eigenvalue weighted by atomic mass is 79.9. The van der Waals surface area contributed by atoms with Crippen LogP contribution in [0.25, 0.3) is 11.5 Å². The van der Waals surface area contributed by atoms with E-state index in [1.165, 1.54) is 0 Å². The molecule has 0 radical (unpaired) electrons. The van der Waals surface area contributed by atoms with Crippen LogP contribution in [0.5, 0.6) is 0 Å². The molecule has 1 heterocycles. The van der Waals surface area contributed by atoms with Gasteiger partial charge >= 0.3 is 0 Å². The molecule has 5 nitrogen and oxygen atoms in total. The molecule has 0 saturated heterocycles. The zero-order chi connectivity index (χ0) is 15.8. The van der Waals surface area contributed by atoms with Crippen molar-refractivity contribution in [1.82, 2.24) is 10.1 Å². The Labute approximate surface area is 140 Å². The van der Waals surface area contributed by atoms with Gasteiger partial charge < -0.3 is 15.0 Å². The molecule has 1 unspecified atom stereocenters. The van der Waals surface area contributed by atoms with Gasteiger partial charge in [0.25, 0.3) is 5.89 Å². The van der Waals surface area contributed by atoms with Crippen molar-refractivity contribution in [3.05, 3.63) is 26.9 Å². The van der Waals surface area contributed by atoms with Crippen molar-refractivity contribution in [3.63, 3.8) is 0 Å². The summed E-state index contributed by atoms with van der Waals surface area (Å²) in [4.78, 5) is 4.44. The van der Waals surface area contributed by atoms with Crippen LogP contribution in [-0.2, 0) is 4.74 Å². The molecule has 2 rings (SSSR count). The number of aromatic nitrogens is 2. The average molecular weight is 419 g/mol. The quantitative estimate of drug-likeness (QED) is 0.738. The minimum Gasteiger partial charge on any atom is -0.397 e. The summed E-state index contributed by atoms with van der Waals surface area (Å²) in [6, 6.07) is 3.71. The number of nitrogens with zero attached hydrogens (tertiary/aromatic N) is 2. The molecule has 114 valence electrons. The number of methoxy groups -OCH3 is 1. The number of anilines is 1. The summed E-state index contributed by atoms with van der Waals surface area (Å²) in [5.41, 5.74) is 7.15. The number of nitrogens with two attached hydrogens (primary N) is 1. The molecule has 1 atom stereocenters. The van der Waals surface area contributed by atoms with E-state index < -0.39 is 0 Å². The van der Waals surface area contributed by atoms with Crippen molar-refractivity contribution in [2.45, 2.75) is 26.9 Å². The minimum absolute atomic E-state index is 0.140. The van der Waals surface area contributed by atoms with Gasteiger partial charge in [0.1, 0.15) is 6.10 Å². The predicted molar refractivity (Wildman–Crippen MR) is 88.8 cm³/mol. The van der Waals surface area contributed by atoms with E-state index in [1.54, 1.807) is 7.11 Å². The van der Waals surface area contributed by atoms with Crippen molar-refractivity contribution in [2.24, 2.45) is 5.41 Å². The number of ether oxygens (including phenoxy) is 1. The van der Waals surface area contributed by atoms with Gasteiger partial charge in [-0.2, -0.15) is 4.98 Å². The van der Waals surface area contributed by atoms with Crippen molar-refractivity contribution >= 4 is 37.5 Å². The van der Waals surface area contributed by atoms with Crippen LogP contribution in [0.4, 0.5) is 5.69 Å². The van der Waals surface area contributed by atoms with Crippen LogP contribution in [0.15, 0.2) is 25.6 Å². The molecule has 0 bridgehead atoms. The van der Waals surface area contributed by atoms with Crippen LogP contribution in [0.1, 0.15) is 32.7 Å². The molecular weight excluding hydrogens is 402 g/mol. The van der Waals surface area contributed by atoms with E-state index in [0.717, 1.165) is 8.95 Å². The Morgan fingerprint density at radius 3 is 2.52 bits per heavy atom. The van der Waals surface area contributed by atoms with Crippen molar-refractivity contribution in [1.29, 1.82) is 0 Å². The maximum absolute atomic E-state index is 6.06. The molecule has 0 fully saturated rings. The molecule has 2 aromatic rings. The molecule has 0 spiro atoms. The van der Waals surface area contributed by atoms with E-state index in [1.807, 2.05) is 12.1 Å². The lowest BCUT2D eigenvalue weighted by Crippen LogP contribution is -2.21. The topological polar surface area (TPSA) is 74.2 Å². The Morgan fingerprint density at radius 2 is 1.95 bits per heavy atom. The largest absolute Gasteiger partial charge is 0.397 e. The van der Waals surface area contributed by atoms with Crippen LogP contribution in [0.2, 0.25) is 0 Å². The van der Waals surface area contributed by atoms with Crippen LogP contribution < -0.4 is 5.73 Å². The molecule has 0 aliphatic carbocycles. The van der Waals surface area contributed by atoms with Crippen molar-refractivity contribution in [2.75, 3.05) is 12.8 Å². The minimum atomic E-state index is -0.258. The Balaban J connectivity index is 2.45. The third-order valence-corrected chi connectivity index (χ3v) is 4.14. The zero-order valence-corrected chi connectivity index (χ0v) is 15.4. The second kappa shape index (κ2) is 6.06. The lowest BCUT2D eigenvalue weighted by molar-refractivity contribution is 0.00718. The predicted octanol–water partition coefficient (Wildman–Crippen LogP) is 4.58. The van der Waals surface area contributed by atoms with Gasteiger partial charge in [-0.15, -0.1) is 0 Å². The first-order valence-corrected chi connectivity index (χ1v) is 7.94. The van der Waals surface area contributed by atoms with Gasteiger partial charge in [0.15, 0.2) is 0 Å². The van der Waals surface area contributed by atoms with Crippen molar-refractivity contribution < 1.29 is 9.26 Å². The summed E-state index contributed by atoms with van der Waals surface area (Å²) < 4.78 is 12.5. The van der Waals surface area contributed by atoms with Crippen LogP contribution in [0, 0.1) is 5.41 Å². The number of rotatable bonds is 3. The molecule has 21 heavy (non-hydrogen) atoms. The van der Waals surface area contributed by atoms with Crippen LogP contribution in [0.3, 0.4) is 0 Å². The first-order chi connectivity index (χ1) is 9.74. The molecule has 7 heteroatoms. The lowest BCUT2D eigenvalue weighted by atomic mass is 9.88. The molecule has 1 aromatic carbocycles. The van der Waals surface area contributed by atoms with E-state index in [-0.39, 0.29) is 11.5 Å². The van der Waals surface area contributed by atoms with Gasteiger partial charge in [-0.3, -0.25) is 0 Å². The van der Waals surface area contributed by atoms with Gasteiger partial charge in [0.05, 0.1) is 11.3 Å². The second-order valence-corrected chi connectivity index (χ2v) is 7.56. The third-order valence-electron chi connectivity index (χ3n) is 3.02. The summed E-state index contributed by atoms with van der Waals surface area (Å²) in [5.74, 6) is 0.881. The van der Waals surface area contributed by atoms with E-state index in [0.29, 0.717) is 23.0 Å². The fourth-order valence-corrected chi connectivity index (χ4v) is 3.28. The first-order valence-electron chi connectivity index (χ1n) is 6.35. The number of nitrogen functional groups attached to an aromatic ring is 1. The smallest absolute Gasteiger partial charge is 0.260 e. The fraction of sp³-hybridized carbons (Fsp3) is 0.429. The van der Waals surface area contributed by atoms with E-state index in [2.05, 4.69) is 62.8 Å². The Bertz CT molecular complexity index is 650. The van der Waals surface area contributed by atoms with Gasteiger partial charge in [0, 0.05) is 16.1 Å². The Hall–Kier alpha value is -0.920. The number of hydrogen-bond acceptors (Lipinski definition) is 5. The molecular formula is C14H17Br2N3O2. The van der Waals surface area contributed by atoms with Gasteiger partial charge in [-0.25, -0.2) is 0 Å². The number of hydrogen-bond donors (Lipinski definition) is 1. The summed E-state index contributed by atoms with van der Waals surface area (Å²) in [7, 11) is 1.63. The highest BCUT2D eigenvalue weighted by molar-refractivity contribution is 9.11. The highest BCUT2D eigenvalue weighted by Gasteiger charge is 2.31. The van der Waals surface area contributed by atoms with E-state index in [4.69, 9.17) is 15.0 Å². The normalized spacial score (nSPS) is 13.4. The number of halogens is 2. The van der Waals surface area contributed by atoms with Gasteiger partial charge in [-0.1, -0.05) is 41.9 Å². The van der Waals surface area contributed by atoms with E-state index in [9.17, 15) is 0 Å². The molecule has 2 N–H and O–H groups in total. The second-order valence-electron chi connectivity index (χ2n) is 5.79. The Morgan fingerprint density at radius 1 is 1.29 bits per heavy atom. The average Bonchev–Trinajstić information content (AvgIpc) is 2.82. The first kappa shape index (κ1) is 16.5. The highest BCUT2D eigenvalue weighted by Crippen LogP contribution is 2.37. The third kappa shape index (κ3) is 3.46. The standard InChI is InChI=1S/C14H17Br2N3O2/c1-14(2,3)11(20-4)12-18-13(21-19-12)8-5-7(15)6-9(16)10(8)17/h5-6,11H,17H2,1-4H3. The summed E-state index contributed by atoms with van der Waals surface area (Å²) in [5, 5.41) is 4.03. The summed E-state index contributed by atoms with van der Waals surface area (Å²) in [6.45, 7) is 6.17. The maximum atomic E-state index is 6.06.